The molecule has 3 atom stereocenters. The van der Waals surface area contributed by atoms with Gasteiger partial charge in [-0.05, 0) is 25.8 Å². The van der Waals surface area contributed by atoms with Gasteiger partial charge in [-0.15, -0.1) is 0 Å². The van der Waals surface area contributed by atoms with Gasteiger partial charge in [-0.1, -0.05) is 32.6 Å². The quantitative estimate of drug-likeness (QED) is 0.706. The predicted molar refractivity (Wildman–Crippen MR) is 62.9 cm³/mol. The molecule has 15 heavy (non-hydrogen) atoms. The van der Waals surface area contributed by atoms with Gasteiger partial charge < -0.3 is 10.0 Å². The monoisotopic (exact) mass is 211 g/mol. The first-order chi connectivity index (χ1) is 7.24. The molecule has 2 saturated heterocycles. The average Bonchev–Trinajstić information content (AvgIpc) is 2.66. The van der Waals surface area contributed by atoms with Crippen molar-refractivity contribution in [3.63, 3.8) is 0 Å². The summed E-state index contributed by atoms with van der Waals surface area (Å²) in [6.07, 6.45) is 8.43. The van der Waals surface area contributed by atoms with Gasteiger partial charge in [0, 0.05) is 19.0 Å². The minimum Gasteiger partial charge on any atom is -0.390 e. The maximum absolute atomic E-state index is 10.6. The van der Waals surface area contributed by atoms with Gasteiger partial charge in [-0.2, -0.15) is 0 Å². The van der Waals surface area contributed by atoms with E-state index in [1.807, 2.05) is 0 Å². The molecule has 0 radical (unpaired) electrons. The lowest BCUT2D eigenvalue weighted by Crippen LogP contribution is -2.46. The average molecular weight is 211 g/mol. The van der Waals surface area contributed by atoms with E-state index in [0.29, 0.717) is 5.92 Å². The highest BCUT2D eigenvalue weighted by Gasteiger charge is 2.43. The Morgan fingerprint density at radius 3 is 2.93 bits per heavy atom. The summed E-state index contributed by atoms with van der Waals surface area (Å²) < 4.78 is 0. The van der Waals surface area contributed by atoms with Crippen LogP contribution in [-0.4, -0.2) is 35.2 Å². The third-order valence-electron chi connectivity index (χ3n) is 4.36. The molecule has 0 saturated carbocycles. The SMILES string of the molecule is CCCCCCC1(O)CCN2CCC1C2. The summed E-state index contributed by atoms with van der Waals surface area (Å²) in [6.45, 7) is 5.75. The van der Waals surface area contributed by atoms with Crippen LogP contribution in [0.2, 0.25) is 0 Å². The summed E-state index contributed by atoms with van der Waals surface area (Å²) in [7, 11) is 0. The molecule has 2 heterocycles. The van der Waals surface area contributed by atoms with Crippen molar-refractivity contribution in [2.24, 2.45) is 5.92 Å². The molecule has 0 spiro atoms. The maximum atomic E-state index is 10.6. The van der Waals surface area contributed by atoms with Gasteiger partial charge in [0.05, 0.1) is 5.60 Å². The van der Waals surface area contributed by atoms with Crippen molar-refractivity contribution < 1.29 is 5.11 Å². The van der Waals surface area contributed by atoms with Crippen molar-refractivity contribution in [2.75, 3.05) is 19.6 Å². The highest BCUT2D eigenvalue weighted by molar-refractivity contribution is 4.97. The lowest BCUT2D eigenvalue weighted by atomic mass is 9.78. The highest BCUT2D eigenvalue weighted by Crippen LogP contribution is 2.38. The van der Waals surface area contributed by atoms with Crippen molar-refractivity contribution in [2.45, 2.75) is 57.5 Å². The van der Waals surface area contributed by atoms with E-state index < -0.39 is 0 Å². The van der Waals surface area contributed by atoms with E-state index >= 15 is 0 Å². The number of aliphatic hydroxyl groups is 1. The zero-order valence-electron chi connectivity index (χ0n) is 10.0. The summed E-state index contributed by atoms with van der Waals surface area (Å²) in [5.74, 6) is 0.577. The fourth-order valence-electron chi connectivity index (χ4n) is 3.22. The number of hydrogen-bond donors (Lipinski definition) is 1. The van der Waals surface area contributed by atoms with Crippen LogP contribution in [0.25, 0.3) is 0 Å². The van der Waals surface area contributed by atoms with Gasteiger partial charge in [0.1, 0.15) is 0 Å². The molecule has 2 fully saturated rings. The van der Waals surface area contributed by atoms with Crippen LogP contribution < -0.4 is 0 Å². The molecule has 0 aromatic rings. The van der Waals surface area contributed by atoms with Crippen LogP contribution in [0.15, 0.2) is 0 Å². The first-order valence-corrected chi connectivity index (χ1v) is 6.69. The molecular weight excluding hydrogens is 186 g/mol. The molecule has 2 aliphatic heterocycles. The Labute approximate surface area is 93.7 Å². The molecule has 0 aromatic heterocycles. The Morgan fingerprint density at radius 2 is 2.13 bits per heavy atom. The van der Waals surface area contributed by atoms with E-state index in [1.54, 1.807) is 0 Å². The van der Waals surface area contributed by atoms with Crippen molar-refractivity contribution >= 4 is 0 Å². The number of nitrogens with zero attached hydrogens (tertiary/aromatic N) is 1. The molecule has 0 aliphatic carbocycles. The number of fused-ring (bicyclic) bond motifs is 2. The lowest BCUT2D eigenvalue weighted by Gasteiger charge is -2.39. The van der Waals surface area contributed by atoms with Crippen LogP contribution in [0.3, 0.4) is 0 Å². The maximum Gasteiger partial charge on any atom is 0.0700 e. The van der Waals surface area contributed by atoms with Gasteiger partial charge in [0.15, 0.2) is 0 Å². The Balaban J connectivity index is 1.78. The van der Waals surface area contributed by atoms with Crippen LogP contribution in [0, 0.1) is 5.92 Å². The molecule has 2 aliphatic rings. The second kappa shape index (κ2) is 4.84. The molecule has 2 rings (SSSR count). The van der Waals surface area contributed by atoms with E-state index in [2.05, 4.69) is 11.8 Å². The molecule has 3 unspecified atom stereocenters. The predicted octanol–water partition coefficient (Wildman–Crippen LogP) is 2.41. The first kappa shape index (κ1) is 11.4. The third kappa shape index (κ3) is 2.54. The standard InChI is InChI=1S/C13H25NO/c1-2-3-4-5-7-13(15)8-10-14-9-6-12(13)11-14/h12,15H,2-11H2,1H3. The van der Waals surface area contributed by atoms with Crippen molar-refractivity contribution in [1.29, 1.82) is 0 Å². The Hall–Kier alpha value is -0.0800. The first-order valence-electron chi connectivity index (χ1n) is 6.69. The lowest BCUT2D eigenvalue weighted by molar-refractivity contribution is -0.0525. The Morgan fingerprint density at radius 1 is 1.27 bits per heavy atom. The highest BCUT2D eigenvalue weighted by atomic mass is 16.3. The zero-order valence-corrected chi connectivity index (χ0v) is 10.0. The number of piperidine rings is 1. The van der Waals surface area contributed by atoms with Gasteiger partial charge in [0.25, 0.3) is 0 Å². The second-order valence-electron chi connectivity index (χ2n) is 5.45. The van der Waals surface area contributed by atoms with Crippen LogP contribution in [0.4, 0.5) is 0 Å². The van der Waals surface area contributed by atoms with Crippen molar-refractivity contribution in [3.05, 3.63) is 0 Å². The topological polar surface area (TPSA) is 23.5 Å². The van der Waals surface area contributed by atoms with Crippen molar-refractivity contribution in [3.8, 4) is 0 Å². The van der Waals surface area contributed by atoms with E-state index in [4.69, 9.17) is 0 Å². The molecule has 0 aromatic carbocycles. The van der Waals surface area contributed by atoms with Gasteiger partial charge in [-0.25, -0.2) is 0 Å². The molecule has 2 heteroatoms. The zero-order chi connectivity index (χ0) is 10.7. The molecule has 88 valence electrons. The minimum absolute atomic E-state index is 0.305. The van der Waals surface area contributed by atoms with E-state index in [9.17, 15) is 5.11 Å². The van der Waals surface area contributed by atoms with E-state index in [-0.39, 0.29) is 5.60 Å². The molecule has 2 nitrogen and oxygen atoms in total. The number of rotatable bonds is 5. The smallest absolute Gasteiger partial charge is 0.0700 e. The summed E-state index contributed by atoms with van der Waals surface area (Å²) >= 11 is 0. The van der Waals surface area contributed by atoms with Gasteiger partial charge in [-0.3, -0.25) is 0 Å². The van der Waals surface area contributed by atoms with Crippen LogP contribution >= 0.6 is 0 Å². The van der Waals surface area contributed by atoms with Crippen LogP contribution in [0.5, 0.6) is 0 Å². The van der Waals surface area contributed by atoms with E-state index in [1.165, 1.54) is 38.6 Å². The molecular formula is C13H25NO. The second-order valence-corrected chi connectivity index (χ2v) is 5.45. The molecule has 2 bridgehead atoms. The number of hydrogen-bond acceptors (Lipinski definition) is 2. The molecule has 1 N–H and O–H groups in total. The number of unbranched alkanes of at least 4 members (excludes halogenated alkanes) is 3. The fourth-order valence-corrected chi connectivity index (χ4v) is 3.22. The Bertz CT molecular complexity index is 207. The minimum atomic E-state index is -0.305. The summed E-state index contributed by atoms with van der Waals surface area (Å²) in [4.78, 5) is 2.51. The Kier molecular flexibility index (Phi) is 3.68. The van der Waals surface area contributed by atoms with Crippen molar-refractivity contribution in [1.82, 2.24) is 4.90 Å². The largest absolute Gasteiger partial charge is 0.390 e. The summed E-state index contributed by atoms with van der Waals surface area (Å²) in [6, 6.07) is 0. The normalized spacial score (nSPS) is 39.6. The van der Waals surface area contributed by atoms with Crippen LogP contribution in [0.1, 0.15) is 51.9 Å². The fraction of sp³-hybridized carbons (Fsp3) is 1.00. The van der Waals surface area contributed by atoms with E-state index in [0.717, 1.165) is 25.9 Å². The summed E-state index contributed by atoms with van der Waals surface area (Å²) in [5, 5.41) is 10.6. The van der Waals surface area contributed by atoms with Crippen LogP contribution in [-0.2, 0) is 0 Å². The molecule has 0 amide bonds. The summed E-state index contributed by atoms with van der Waals surface area (Å²) in [5.41, 5.74) is -0.305. The van der Waals surface area contributed by atoms with Gasteiger partial charge in [0.2, 0.25) is 0 Å². The van der Waals surface area contributed by atoms with Gasteiger partial charge >= 0.3 is 0 Å². The third-order valence-corrected chi connectivity index (χ3v) is 4.36.